The molecule has 0 spiro atoms. The predicted molar refractivity (Wildman–Crippen MR) is 154 cm³/mol. The molecule has 0 radical (unpaired) electrons. The number of hydrogen-bond donors (Lipinski definition) is 2. The summed E-state index contributed by atoms with van der Waals surface area (Å²) < 4.78 is 19.9. The second kappa shape index (κ2) is 11.4. The van der Waals surface area contributed by atoms with Crippen LogP contribution in [-0.4, -0.2) is 39.2 Å². The second-order valence-electron chi connectivity index (χ2n) is 10.9. The number of rotatable bonds is 8. The molecule has 2 aromatic rings. The molecule has 2 N–H and O–H groups in total. The highest BCUT2D eigenvalue weighted by Gasteiger charge is 2.34. The maximum Gasteiger partial charge on any atom is 0.355 e. The number of allylic oxidation sites excluding steroid dienone is 7. The molecule has 0 amide bonds. The number of ether oxygens (including phenoxy) is 3. The normalized spacial score (nSPS) is 23.1. The molecule has 3 heterocycles. The second-order valence-corrected chi connectivity index (χ2v) is 11.3. The molecule has 1 unspecified atom stereocenters. The van der Waals surface area contributed by atoms with Crippen molar-refractivity contribution in [1.29, 1.82) is 5.26 Å². The minimum Gasteiger partial charge on any atom is -0.460 e. The Morgan fingerprint density at radius 3 is 2.61 bits per heavy atom. The van der Waals surface area contributed by atoms with Crippen LogP contribution in [0.5, 0.6) is 5.75 Å². The van der Waals surface area contributed by atoms with Crippen molar-refractivity contribution in [3.63, 3.8) is 0 Å². The zero-order chi connectivity index (χ0) is 29.2. The number of hydrogen-bond acceptors (Lipinski definition) is 9. The highest BCUT2D eigenvalue weighted by molar-refractivity contribution is 6.31. The van der Waals surface area contributed by atoms with Crippen molar-refractivity contribution in [1.82, 2.24) is 19.4 Å². The minimum absolute atomic E-state index is 0.0223. The summed E-state index contributed by atoms with van der Waals surface area (Å²) in [7, 11) is 0. The van der Waals surface area contributed by atoms with Crippen LogP contribution in [0.2, 0.25) is 0 Å². The number of nitrogens with one attached hydrogen (secondary N) is 2. The third kappa shape index (κ3) is 6.79. The first kappa shape index (κ1) is 28.4. The Bertz CT molecular complexity index is 1610. The first-order valence-electron chi connectivity index (χ1n) is 13.2. The van der Waals surface area contributed by atoms with E-state index in [2.05, 4.69) is 15.6 Å². The van der Waals surface area contributed by atoms with Crippen molar-refractivity contribution < 1.29 is 14.2 Å². The topological polar surface area (TPSA) is 132 Å². The van der Waals surface area contributed by atoms with Crippen LogP contribution < -0.4 is 26.7 Å². The SMILES string of the molecule is CC1(Cn2c(Nc3ccc(OC4=CC=C(C#N)NC4)cc3)nc(=O)n(C[C@H]3COC(C)(C)O3)c2=O)C=CC(Cl)=CC1. The average Bonchev–Trinajstić information content (AvgIpc) is 3.30. The highest BCUT2D eigenvalue weighted by Crippen LogP contribution is 2.33. The molecule has 41 heavy (non-hydrogen) atoms. The van der Waals surface area contributed by atoms with Gasteiger partial charge in [-0.25, -0.2) is 14.2 Å². The molecular weight excluding hydrogens is 548 g/mol. The Labute approximate surface area is 242 Å². The van der Waals surface area contributed by atoms with Crippen LogP contribution in [0.15, 0.2) is 80.7 Å². The number of halogens is 1. The van der Waals surface area contributed by atoms with Gasteiger partial charge >= 0.3 is 11.4 Å². The number of benzene rings is 1. The smallest absolute Gasteiger partial charge is 0.355 e. The monoisotopic (exact) mass is 578 g/mol. The first-order chi connectivity index (χ1) is 19.5. The Morgan fingerprint density at radius 2 is 2.00 bits per heavy atom. The lowest BCUT2D eigenvalue weighted by Crippen LogP contribution is -2.46. The van der Waals surface area contributed by atoms with Gasteiger partial charge in [-0.05, 0) is 62.8 Å². The van der Waals surface area contributed by atoms with Crippen molar-refractivity contribution in [3.8, 4) is 11.8 Å². The van der Waals surface area contributed by atoms with E-state index in [4.69, 9.17) is 31.1 Å². The van der Waals surface area contributed by atoms with E-state index in [-0.39, 0.29) is 25.6 Å². The van der Waals surface area contributed by atoms with Crippen molar-refractivity contribution in [2.24, 2.45) is 5.41 Å². The summed E-state index contributed by atoms with van der Waals surface area (Å²) in [6, 6.07) is 9.09. The number of anilines is 2. The average molecular weight is 579 g/mol. The van der Waals surface area contributed by atoms with E-state index in [0.29, 0.717) is 40.9 Å². The summed E-state index contributed by atoms with van der Waals surface area (Å²) in [5.74, 6) is 0.581. The Morgan fingerprint density at radius 1 is 1.22 bits per heavy atom. The van der Waals surface area contributed by atoms with Crippen LogP contribution in [0.4, 0.5) is 11.6 Å². The first-order valence-corrected chi connectivity index (χ1v) is 13.6. The largest absolute Gasteiger partial charge is 0.460 e. The molecule has 1 aromatic carbocycles. The van der Waals surface area contributed by atoms with Crippen LogP contribution in [0.1, 0.15) is 27.2 Å². The van der Waals surface area contributed by atoms with Crippen LogP contribution in [-0.2, 0) is 22.6 Å². The van der Waals surface area contributed by atoms with E-state index in [1.165, 1.54) is 4.57 Å². The van der Waals surface area contributed by atoms with E-state index in [0.717, 1.165) is 4.57 Å². The molecule has 0 saturated carbocycles. The molecule has 2 atom stereocenters. The zero-order valence-corrected chi connectivity index (χ0v) is 23.8. The van der Waals surface area contributed by atoms with Gasteiger partial charge < -0.3 is 24.8 Å². The molecule has 11 nitrogen and oxygen atoms in total. The van der Waals surface area contributed by atoms with Crippen molar-refractivity contribution >= 4 is 23.2 Å². The Hall–Kier alpha value is -4.11. The van der Waals surface area contributed by atoms with Gasteiger partial charge in [0.1, 0.15) is 29.4 Å². The minimum atomic E-state index is -0.787. The number of aromatic nitrogens is 3. The molecular formula is C29H31ClN6O5. The van der Waals surface area contributed by atoms with E-state index in [1.807, 2.05) is 31.2 Å². The van der Waals surface area contributed by atoms with E-state index in [9.17, 15) is 9.59 Å². The molecule has 0 bridgehead atoms. The van der Waals surface area contributed by atoms with E-state index < -0.39 is 28.7 Å². The van der Waals surface area contributed by atoms with Gasteiger partial charge in [-0.1, -0.05) is 30.7 Å². The lowest BCUT2D eigenvalue weighted by Gasteiger charge is -2.29. The van der Waals surface area contributed by atoms with Crippen LogP contribution in [0.3, 0.4) is 0 Å². The van der Waals surface area contributed by atoms with Gasteiger partial charge in [-0.15, -0.1) is 0 Å². The van der Waals surface area contributed by atoms with Crippen LogP contribution in [0.25, 0.3) is 0 Å². The summed E-state index contributed by atoms with van der Waals surface area (Å²) in [5.41, 5.74) is -0.536. The summed E-state index contributed by atoms with van der Waals surface area (Å²) >= 11 is 6.15. The van der Waals surface area contributed by atoms with Gasteiger partial charge in [0.25, 0.3) is 0 Å². The number of nitrogens with zero attached hydrogens (tertiary/aromatic N) is 4. The molecule has 214 valence electrons. The molecule has 12 heteroatoms. The maximum absolute atomic E-state index is 13.8. The summed E-state index contributed by atoms with van der Waals surface area (Å²) in [4.78, 5) is 31.1. The molecule has 1 saturated heterocycles. The fraction of sp³-hybridized carbons (Fsp3) is 0.379. The predicted octanol–water partition coefficient (Wildman–Crippen LogP) is 3.66. The molecule has 1 fully saturated rings. The molecule has 1 aliphatic carbocycles. The van der Waals surface area contributed by atoms with Gasteiger partial charge in [0, 0.05) is 22.7 Å². The molecule has 1 aromatic heterocycles. The van der Waals surface area contributed by atoms with Gasteiger partial charge in [0.2, 0.25) is 5.95 Å². The van der Waals surface area contributed by atoms with Gasteiger partial charge in [-0.3, -0.25) is 4.57 Å². The van der Waals surface area contributed by atoms with Gasteiger partial charge in [0.15, 0.2) is 5.79 Å². The maximum atomic E-state index is 13.8. The number of nitriles is 1. The quantitative estimate of drug-likeness (QED) is 0.481. The lowest BCUT2D eigenvalue weighted by molar-refractivity contribution is -0.139. The van der Waals surface area contributed by atoms with Crippen LogP contribution >= 0.6 is 11.6 Å². The van der Waals surface area contributed by atoms with Gasteiger partial charge in [-0.2, -0.15) is 10.2 Å². The van der Waals surface area contributed by atoms with E-state index in [1.54, 1.807) is 50.3 Å². The van der Waals surface area contributed by atoms with Crippen LogP contribution in [0, 0.1) is 16.7 Å². The lowest BCUT2D eigenvalue weighted by atomic mass is 9.83. The Balaban J connectivity index is 1.41. The number of dihydropyridines is 1. The molecule has 3 aliphatic rings. The van der Waals surface area contributed by atoms with Crippen molar-refractivity contribution in [3.05, 3.63) is 92.1 Å². The Kier molecular flexibility index (Phi) is 7.91. The third-order valence-electron chi connectivity index (χ3n) is 6.90. The third-order valence-corrected chi connectivity index (χ3v) is 7.18. The van der Waals surface area contributed by atoms with E-state index >= 15 is 0 Å². The van der Waals surface area contributed by atoms with Gasteiger partial charge in [0.05, 0.1) is 19.7 Å². The zero-order valence-electron chi connectivity index (χ0n) is 23.0. The standard InChI is InChI=1S/C29H31ClN6O5/c1-28(2)39-17-24(41-28)16-35-26(37)34-25(36(27(35)38)18-29(3)12-10-19(30)11-13-29)33-20-4-7-22(8-5-20)40-23-9-6-21(14-31)32-15-23/h4-12,24,32H,13,15-18H2,1-3H3,(H,33,34,37)/t24-,29?/m0/s1. The summed E-state index contributed by atoms with van der Waals surface area (Å²) in [6.07, 6.45) is 9.23. The highest BCUT2D eigenvalue weighted by atomic mass is 35.5. The molecule has 2 aliphatic heterocycles. The fourth-order valence-corrected chi connectivity index (χ4v) is 4.86. The van der Waals surface area contributed by atoms with Crippen molar-refractivity contribution in [2.75, 3.05) is 18.5 Å². The fourth-order valence-electron chi connectivity index (χ4n) is 4.72. The molecule has 5 rings (SSSR count). The summed E-state index contributed by atoms with van der Waals surface area (Å²) in [6.45, 7) is 6.53. The summed E-state index contributed by atoms with van der Waals surface area (Å²) in [5, 5.41) is 15.7. The van der Waals surface area contributed by atoms with Crippen molar-refractivity contribution in [2.45, 2.75) is 52.2 Å².